The summed E-state index contributed by atoms with van der Waals surface area (Å²) in [4.78, 5) is 29.7. The summed E-state index contributed by atoms with van der Waals surface area (Å²) in [5.74, 6) is -0.416. The molecule has 1 saturated heterocycles. The van der Waals surface area contributed by atoms with Crippen LogP contribution in [0.15, 0.2) is 60.7 Å². The lowest BCUT2D eigenvalue weighted by Crippen LogP contribution is -2.47. The van der Waals surface area contributed by atoms with Gasteiger partial charge in [0.1, 0.15) is 6.10 Å². The van der Waals surface area contributed by atoms with Gasteiger partial charge in [-0.05, 0) is 36.8 Å². The molecular weight excluding hydrogens is 380 g/mol. The van der Waals surface area contributed by atoms with Gasteiger partial charge in [0.2, 0.25) is 0 Å². The summed E-state index contributed by atoms with van der Waals surface area (Å²) >= 11 is 0. The minimum absolute atomic E-state index is 0.0892. The van der Waals surface area contributed by atoms with E-state index >= 15 is 0 Å². The maximum atomic E-state index is 13.4. The van der Waals surface area contributed by atoms with E-state index in [4.69, 9.17) is 4.74 Å². The Bertz CT molecular complexity index is 852. The third-order valence-electron chi connectivity index (χ3n) is 6.00. The zero-order valence-electron chi connectivity index (χ0n) is 17.0. The van der Waals surface area contributed by atoms with E-state index in [-0.39, 0.29) is 18.7 Å². The zero-order valence-corrected chi connectivity index (χ0v) is 17.0. The Morgan fingerprint density at radius 1 is 0.900 bits per heavy atom. The highest BCUT2D eigenvalue weighted by Crippen LogP contribution is 2.30. The summed E-state index contributed by atoms with van der Waals surface area (Å²) in [6.07, 6.45) is 3.75. The van der Waals surface area contributed by atoms with Crippen LogP contribution in [0.2, 0.25) is 0 Å². The highest BCUT2D eigenvalue weighted by atomic mass is 16.5. The molecule has 1 N–H and O–H groups in total. The van der Waals surface area contributed by atoms with E-state index in [1.807, 2.05) is 60.7 Å². The van der Waals surface area contributed by atoms with Crippen molar-refractivity contribution in [2.24, 2.45) is 0 Å². The summed E-state index contributed by atoms with van der Waals surface area (Å²) in [5, 5.41) is 10.2. The summed E-state index contributed by atoms with van der Waals surface area (Å²) in [6.45, 7) is 0.337. The first-order valence-electron chi connectivity index (χ1n) is 10.6. The van der Waals surface area contributed by atoms with Crippen molar-refractivity contribution in [2.45, 2.75) is 57.0 Å². The number of carbonyl (C=O) groups is 2. The molecule has 30 heavy (non-hydrogen) atoms. The van der Waals surface area contributed by atoms with Gasteiger partial charge in [-0.15, -0.1) is 0 Å². The van der Waals surface area contributed by atoms with Gasteiger partial charge in [0.25, 0.3) is 0 Å². The number of carbonyl (C=O) groups excluding carboxylic acids is 2. The Kier molecular flexibility index (Phi) is 6.33. The van der Waals surface area contributed by atoms with Crippen molar-refractivity contribution in [3.05, 3.63) is 71.8 Å². The maximum absolute atomic E-state index is 13.4. The molecule has 0 radical (unpaired) electrons. The lowest BCUT2D eigenvalue weighted by Gasteiger charge is -2.26. The van der Waals surface area contributed by atoms with E-state index < -0.39 is 18.1 Å². The number of urea groups is 1. The van der Waals surface area contributed by atoms with E-state index in [0.717, 1.165) is 36.8 Å². The molecule has 0 spiro atoms. The minimum atomic E-state index is -0.827. The lowest BCUT2D eigenvalue weighted by atomic mass is 10.1. The third-order valence-corrected chi connectivity index (χ3v) is 6.00. The molecular formula is C24H28N2O4. The van der Waals surface area contributed by atoms with Crippen molar-refractivity contribution < 1.29 is 19.4 Å². The van der Waals surface area contributed by atoms with Crippen LogP contribution in [0, 0.1) is 0 Å². The molecule has 1 aliphatic carbocycles. The van der Waals surface area contributed by atoms with Crippen molar-refractivity contribution in [1.82, 2.24) is 9.80 Å². The molecule has 0 bridgehead atoms. The Morgan fingerprint density at radius 2 is 1.43 bits per heavy atom. The van der Waals surface area contributed by atoms with Gasteiger partial charge in [-0.3, -0.25) is 0 Å². The van der Waals surface area contributed by atoms with Crippen molar-refractivity contribution in [1.29, 1.82) is 0 Å². The van der Waals surface area contributed by atoms with E-state index in [0.29, 0.717) is 13.1 Å². The van der Waals surface area contributed by atoms with Crippen LogP contribution in [0.1, 0.15) is 36.8 Å². The second kappa shape index (κ2) is 9.30. The van der Waals surface area contributed by atoms with Gasteiger partial charge < -0.3 is 19.6 Å². The normalized spacial score (nSPS) is 22.0. The quantitative estimate of drug-likeness (QED) is 0.714. The first-order valence-corrected chi connectivity index (χ1v) is 10.6. The second-order valence-electron chi connectivity index (χ2n) is 8.05. The molecule has 2 atom stereocenters. The van der Waals surface area contributed by atoms with E-state index in [2.05, 4.69) is 0 Å². The van der Waals surface area contributed by atoms with Crippen LogP contribution in [0.25, 0.3) is 0 Å². The Balaban J connectivity index is 1.61. The molecule has 158 valence electrons. The molecule has 6 heteroatoms. The van der Waals surface area contributed by atoms with Gasteiger partial charge in [0.15, 0.2) is 6.04 Å². The molecule has 6 nitrogen and oxygen atoms in total. The molecule has 2 unspecified atom stereocenters. The fourth-order valence-electron chi connectivity index (χ4n) is 4.44. The second-order valence-corrected chi connectivity index (χ2v) is 8.05. The van der Waals surface area contributed by atoms with Gasteiger partial charge >= 0.3 is 12.0 Å². The number of hydrogen-bond donors (Lipinski definition) is 1. The van der Waals surface area contributed by atoms with Crippen LogP contribution < -0.4 is 0 Å². The van der Waals surface area contributed by atoms with Crippen LogP contribution in [-0.4, -0.2) is 51.7 Å². The Labute approximate surface area is 177 Å². The van der Waals surface area contributed by atoms with Crippen molar-refractivity contribution in [3.8, 4) is 0 Å². The van der Waals surface area contributed by atoms with Gasteiger partial charge in [-0.2, -0.15) is 0 Å². The van der Waals surface area contributed by atoms with E-state index in [1.165, 1.54) is 0 Å². The Hall–Kier alpha value is -2.86. The van der Waals surface area contributed by atoms with E-state index in [1.54, 1.807) is 9.80 Å². The number of amides is 2. The molecule has 1 heterocycles. The average Bonchev–Trinajstić information content (AvgIpc) is 3.37. The predicted octanol–water partition coefficient (Wildman–Crippen LogP) is 3.34. The average molecular weight is 408 g/mol. The SMILES string of the molecule is O=C(OC1CCCC1)C1C(CO)N(Cc2ccccc2)C(=O)N1Cc1ccccc1. The summed E-state index contributed by atoms with van der Waals surface area (Å²) in [6, 6.07) is 17.5. The molecule has 2 aliphatic rings. The Morgan fingerprint density at radius 3 is 1.97 bits per heavy atom. The number of hydrogen-bond acceptors (Lipinski definition) is 4. The number of ether oxygens (including phenoxy) is 1. The highest BCUT2D eigenvalue weighted by Gasteiger charge is 2.50. The van der Waals surface area contributed by atoms with Crippen LogP contribution in [-0.2, 0) is 22.6 Å². The smallest absolute Gasteiger partial charge is 0.331 e. The highest BCUT2D eigenvalue weighted by molar-refractivity contribution is 5.88. The molecule has 0 aromatic heterocycles. The maximum Gasteiger partial charge on any atom is 0.331 e. The first-order chi connectivity index (χ1) is 14.7. The van der Waals surface area contributed by atoms with Gasteiger partial charge in [-0.1, -0.05) is 60.7 Å². The zero-order chi connectivity index (χ0) is 20.9. The topological polar surface area (TPSA) is 70.1 Å². The molecule has 1 saturated carbocycles. The minimum Gasteiger partial charge on any atom is -0.461 e. The number of benzene rings is 2. The van der Waals surface area contributed by atoms with Gasteiger partial charge in [0, 0.05) is 13.1 Å². The van der Waals surface area contributed by atoms with Crippen molar-refractivity contribution >= 4 is 12.0 Å². The van der Waals surface area contributed by atoms with E-state index in [9.17, 15) is 14.7 Å². The standard InChI is InChI=1S/C24H28N2O4/c27-17-21-22(23(28)30-20-13-7-8-14-20)26(16-19-11-5-2-6-12-19)24(29)25(21)15-18-9-3-1-4-10-18/h1-6,9-12,20-22,27H,7-8,13-17H2. The number of rotatable bonds is 7. The molecule has 2 aromatic carbocycles. The monoisotopic (exact) mass is 408 g/mol. The number of nitrogens with zero attached hydrogens (tertiary/aromatic N) is 2. The van der Waals surface area contributed by atoms with Crippen LogP contribution in [0.4, 0.5) is 4.79 Å². The lowest BCUT2D eigenvalue weighted by molar-refractivity contribution is -0.155. The fourth-order valence-corrected chi connectivity index (χ4v) is 4.44. The van der Waals surface area contributed by atoms with Crippen LogP contribution in [0.5, 0.6) is 0 Å². The molecule has 1 aliphatic heterocycles. The fraction of sp³-hybridized carbons (Fsp3) is 0.417. The van der Waals surface area contributed by atoms with Crippen molar-refractivity contribution in [3.63, 3.8) is 0 Å². The van der Waals surface area contributed by atoms with Crippen LogP contribution in [0.3, 0.4) is 0 Å². The number of aliphatic hydroxyl groups excluding tert-OH is 1. The van der Waals surface area contributed by atoms with Crippen molar-refractivity contribution in [2.75, 3.05) is 6.61 Å². The molecule has 2 fully saturated rings. The largest absolute Gasteiger partial charge is 0.461 e. The third kappa shape index (κ3) is 4.33. The molecule has 2 aromatic rings. The van der Waals surface area contributed by atoms with Gasteiger partial charge in [0.05, 0.1) is 12.6 Å². The molecule has 2 amide bonds. The summed E-state index contributed by atoms with van der Waals surface area (Å²) < 4.78 is 5.77. The predicted molar refractivity (Wildman–Crippen MR) is 112 cm³/mol. The summed E-state index contributed by atoms with van der Waals surface area (Å²) in [7, 11) is 0. The van der Waals surface area contributed by atoms with Gasteiger partial charge in [-0.25, -0.2) is 9.59 Å². The number of esters is 1. The molecule has 4 rings (SSSR count). The summed E-state index contributed by atoms with van der Waals surface area (Å²) in [5.41, 5.74) is 1.89. The number of aliphatic hydroxyl groups is 1. The van der Waals surface area contributed by atoms with Crippen LogP contribution >= 0.6 is 0 Å². The first kappa shape index (κ1) is 20.4.